The van der Waals surface area contributed by atoms with E-state index >= 15 is 0 Å². The molecule has 0 unspecified atom stereocenters. The van der Waals surface area contributed by atoms with Gasteiger partial charge in [-0.15, -0.1) is 0 Å². The number of nitrogens with zero attached hydrogens (tertiary/aromatic N) is 2. The summed E-state index contributed by atoms with van der Waals surface area (Å²) in [6, 6.07) is 8.64. The highest BCUT2D eigenvalue weighted by Crippen LogP contribution is 2.21. The minimum absolute atomic E-state index is 0.238. The largest absolute Gasteiger partial charge is 0.462 e. The van der Waals surface area contributed by atoms with Gasteiger partial charge >= 0.3 is 5.97 Å². The maximum atomic E-state index is 12.6. The van der Waals surface area contributed by atoms with E-state index in [0.717, 1.165) is 12.8 Å². The van der Waals surface area contributed by atoms with Crippen molar-refractivity contribution in [1.82, 2.24) is 9.97 Å². The number of hydrogen-bond acceptors (Lipinski definition) is 6. The van der Waals surface area contributed by atoms with Crippen molar-refractivity contribution in [3.05, 3.63) is 47.8 Å². The molecule has 1 saturated carbocycles. The fraction of sp³-hybridized carbons (Fsp3) is 0.400. The fourth-order valence-corrected chi connectivity index (χ4v) is 3.15. The first-order valence-corrected chi connectivity index (χ1v) is 9.34. The zero-order chi connectivity index (χ0) is 19.1. The Labute approximate surface area is 158 Å². The summed E-state index contributed by atoms with van der Waals surface area (Å²) >= 11 is 0. The zero-order valence-electron chi connectivity index (χ0n) is 15.4. The summed E-state index contributed by atoms with van der Waals surface area (Å²) in [6.45, 7) is 2.00. The quantitative estimate of drug-likeness (QED) is 0.756. The molecule has 7 heteroatoms. The van der Waals surface area contributed by atoms with E-state index in [2.05, 4.69) is 20.6 Å². The van der Waals surface area contributed by atoms with Crippen molar-refractivity contribution in [1.29, 1.82) is 0 Å². The van der Waals surface area contributed by atoms with Crippen LogP contribution in [0.3, 0.4) is 0 Å². The van der Waals surface area contributed by atoms with Gasteiger partial charge in [0, 0.05) is 12.2 Å². The molecule has 0 atom stereocenters. The summed E-state index contributed by atoms with van der Waals surface area (Å²) in [4.78, 5) is 33.2. The Hall–Kier alpha value is -2.96. The van der Waals surface area contributed by atoms with Crippen LogP contribution in [0.15, 0.2) is 36.5 Å². The van der Waals surface area contributed by atoms with E-state index in [1.54, 1.807) is 43.5 Å². The summed E-state index contributed by atoms with van der Waals surface area (Å²) in [5.74, 6) is -0.426. The van der Waals surface area contributed by atoms with Crippen LogP contribution in [0.1, 0.15) is 59.9 Å². The van der Waals surface area contributed by atoms with Gasteiger partial charge in [0.1, 0.15) is 5.69 Å². The first-order valence-electron chi connectivity index (χ1n) is 9.34. The molecule has 1 aromatic heterocycles. The van der Waals surface area contributed by atoms with Gasteiger partial charge in [0.15, 0.2) is 0 Å². The molecule has 1 aliphatic carbocycles. The van der Waals surface area contributed by atoms with Crippen LogP contribution < -0.4 is 10.6 Å². The second-order valence-corrected chi connectivity index (χ2v) is 6.46. The molecule has 1 aromatic carbocycles. The Morgan fingerprint density at radius 3 is 2.70 bits per heavy atom. The fourth-order valence-electron chi connectivity index (χ4n) is 3.15. The number of carbonyl (C=O) groups excluding carboxylic acids is 2. The van der Waals surface area contributed by atoms with Crippen molar-refractivity contribution >= 4 is 23.5 Å². The van der Waals surface area contributed by atoms with E-state index in [-0.39, 0.29) is 12.3 Å². The molecule has 0 bridgehead atoms. The lowest BCUT2D eigenvalue weighted by Gasteiger charge is -2.22. The van der Waals surface area contributed by atoms with Crippen LogP contribution in [-0.4, -0.2) is 34.5 Å². The highest BCUT2D eigenvalue weighted by molar-refractivity contribution is 6.07. The molecule has 0 spiro atoms. The van der Waals surface area contributed by atoms with Gasteiger partial charge in [-0.1, -0.05) is 31.4 Å². The molecule has 0 aliphatic heterocycles. The number of benzene rings is 1. The smallest absolute Gasteiger partial charge is 0.340 e. The summed E-state index contributed by atoms with van der Waals surface area (Å²) < 4.78 is 5.03. The van der Waals surface area contributed by atoms with E-state index in [4.69, 9.17) is 4.74 Å². The number of para-hydroxylation sites is 1. The van der Waals surface area contributed by atoms with Gasteiger partial charge in [-0.2, -0.15) is 0 Å². The monoisotopic (exact) mass is 368 g/mol. The summed E-state index contributed by atoms with van der Waals surface area (Å²) in [5, 5.41) is 6.05. The maximum absolute atomic E-state index is 12.6. The number of hydrogen-bond donors (Lipinski definition) is 2. The number of carbonyl (C=O) groups is 2. The number of amides is 1. The predicted octanol–water partition coefficient (Wildman–Crippen LogP) is 3.65. The zero-order valence-corrected chi connectivity index (χ0v) is 15.4. The highest BCUT2D eigenvalue weighted by atomic mass is 16.5. The Balaban J connectivity index is 1.71. The lowest BCUT2D eigenvalue weighted by atomic mass is 9.96. The topological polar surface area (TPSA) is 93.2 Å². The lowest BCUT2D eigenvalue weighted by molar-refractivity contribution is 0.0527. The first-order chi connectivity index (χ1) is 13.2. The Kier molecular flexibility index (Phi) is 6.35. The maximum Gasteiger partial charge on any atom is 0.340 e. The van der Waals surface area contributed by atoms with Crippen LogP contribution >= 0.6 is 0 Å². The number of ether oxygens (including phenoxy) is 1. The normalized spacial score (nSPS) is 14.4. The lowest BCUT2D eigenvalue weighted by Crippen LogP contribution is -2.24. The van der Waals surface area contributed by atoms with E-state index in [1.165, 1.54) is 19.3 Å². The minimum Gasteiger partial charge on any atom is -0.462 e. The van der Waals surface area contributed by atoms with Gasteiger partial charge in [-0.05, 0) is 38.0 Å². The Morgan fingerprint density at radius 2 is 1.93 bits per heavy atom. The third-order valence-electron chi connectivity index (χ3n) is 4.50. The third kappa shape index (κ3) is 5.03. The Morgan fingerprint density at radius 1 is 1.15 bits per heavy atom. The van der Waals surface area contributed by atoms with Crippen molar-refractivity contribution in [2.24, 2.45) is 0 Å². The molecule has 0 saturated heterocycles. The average molecular weight is 368 g/mol. The Bertz CT molecular complexity index is 803. The number of rotatable bonds is 6. The molecule has 2 aromatic rings. The molecular formula is C20H24N4O3. The number of nitrogens with one attached hydrogen (secondary N) is 2. The van der Waals surface area contributed by atoms with Gasteiger partial charge in [0.05, 0.1) is 17.9 Å². The van der Waals surface area contributed by atoms with E-state index in [0.29, 0.717) is 23.2 Å². The summed E-state index contributed by atoms with van der Waals surface area (Å²) in [5.41, 5.74) is 0.936. The molecule has 3 rings (SSSR count). The summed E-state index contributed by atoms with van der Waals surface area (Å²) in [6.07, 6.45) is 7.40. The van der Waals surface area contributed by atoms with E-state index in [9.17, 15) is 9.59 Å². The first kappa shape index (κ1) is 18.8. The van der Waals surface area contributed by atoms with Crippen molar-refractivity contribution in [2.45, 2.75) is 45.1 Å². The van der Waals surface area contributed by atoms with Gasteiger partial charge in [0.2, 0.25) is 5.95 Å². The van der Waals surface area contributed by atoms with Crippen LogP contribution in [0.25, 0.3) is 0 Å². The van der Waals surface area contributed by atoms with Gasteiger partial charge < -0.3 is 15.4 Å². The molecule has 1 heterocycles. The van der Waals surface area contributed by atoms with Gasteiger partial charge in [0.25, 0.3) is 5.91 Å². The summed E-state index contributed by atoms with van der Waals surface area (Å²) in [7, 11) is 0. The average Bonchev–Trinajstić information content (AvgIpc) is 2.69. The standard InChI is InChI=1S/C20H24N4O3/c1-2-27-19(26)15-10-6-7-11-16(15)23-18(25)17-12-13-21-20(24-17)22-14-8-4-3-5-9-14/h6-7,10-14H,2-5,8-9H2,1H3,(H,23,25)(H,21,22,24). The SMILES string of the molecule is CCOC(=O)c1ccccc1NC(=O)c1ccnc(NC2CCCCC2)n1. The van der Waals surface area contributed by atoms with Gasteiger partial charge in [-0.25, -0.2) is 14.8 Å². The predicted molar refractivity (Wildman–Crippen MR) is 103 cm³/mol. The molecular weight excluding hydrogens is 344 g/mol. The second-order valence-electron chi connectivity index (χ2n) is 6.46. The molecule has 7 nitrogen and oxygen atoms in total. The van der Waals surface area contributed by atoms with Crippen molar-refractivity contribution in [3.63, 3.8) is 0 Å². The van der Waals surface area contributed by atoms with Crippen LogP contribution in [0.5, 0.6) is 0 Å². The van der Waals surface area contributed by atoms with Crippen LogP contribution in [0, 0.1) is 0 Å². The molecule has 1 aliphatic rings. The van der Waals surface area contributed by atoms with Gasteiger partial charge in [-0.3, -0.25) is 4.79 Å². The van der Waals surface area contributed by atoms with Crippen LogP contribution in [-0.2, 0) is 4.74 Å². The minimum atomic E-state index is -0.476. The van der Waals surface area contributed by atoms with E-state index < -0.39 is 11.9 Å². The number of esters is 1. The van der Waals surface area contributed by atoms with Crippen molar-refractivity contribution in [2.75, 3.05) is 17.2 Å². The second kappa shape index (κ2) is 9.12. The van der Waals surface area contributed by atoms with Crippen molar-refractivity contribution < 1.29 is 14.3 Å². The highest BCUT2D eigenvalue weighted by Gasteiger charge is 2.17. The van der Waals surface area contributed by atoms with Crippen molar-refractivity contribution in [3.8, 4) is 0 Å². The molecule has 1 amide bonds. The molecule has 1 fully saturated rings. The molecule has 2 N–H and O–H groups in total. The molecule has 142 valence electrons. The van der Waals surface area contributed by atoms with Crippen LogP contribution in [0.4, 0.5) is 11.6 Å². The molecule has 0 radical (unpaired) electrons. The third-order valence-corrected chi connectivity index (χ3v) is 4.50. The van der Waals surface area contributed by atoms with E-state index in [1.807, 2.05) is 0 Å². The number of aromatic nitrogens is 2. The molecule has 27 heavy (non-hydrogen) atoms. The van der Waals surface area contributed by atoms with Crippen LogP contribution in [0.2, 0.25) is 0 Å². The number of anilines is 2.